The molecular formula is C18H24O5. The molecular weight excluding hydrogens is 296 g/mol. The van der Waals surface area contributed by atoms with Crippen LogP contribution in [0, 0.1) is 26.2 Å². The first-order valence-corrected chi connectivity index (χ1v) is 7.87. The van der Waals surface area contributed by atoms with Crippen molar-refractivity contribution in [1.82, 2.24) is 0 Å². The highest BCUT2D eigenvalue weighted by Crippen LogP contribution is 2.39. The summed E-state index contributed by atoms with van der Waals surface area (Å²) in [6, 6.07) is 3.95. The minimum atomic E-state index is -1.61. The lowest BCUT2D eigenvalue weighted by atomic mass is 9.67. The third-order valence-corrected chi connectivity index (χ3v) is 4.99. The molecule has 1 aliphatic rings. The lowest BCUT2D eigenvalue weighted by Gasteiger charge is -2.37. The van der Waals surface area contributed by atoms with Crippen molar-refractivity contribution >= 4 is 11.8 Å². The summed E-state index contributed by atoms with van der Waals surface area (Å²) < 4.78 is 0. The molecule has 0 radical (unpaired) electrons. The van der Waals surface area contributed by atoms with E-state index >= 15 is 0 Å². The van der Waals surface area contributed by atoms with E-state index < -0.39 is 29.4 Å². The average molecular weight is 320 g/mol. The minimum Gasteiger partial charge on any atom is -0.480 e. The Morgan fingerprint density at radius 3 is 2.17 bits per heavy atom. The van der Waals surface area contributed by atoms with Crippen molar-refractivity contribution in [3.63, 3.8) is 0 Å². The van der Waals surface area contributed by atoms with E-state index in [9.17, 15) is 24.9 Å². The van der Waals surface area contributed by atoms with Gasteiger partial charge in [-0.15, -0.1) is 0 Å². The fraction of sp³-hybridized carbons (Fsp3) is 0.556. The van der Waals surface area contributed by atoms with E-state index in [0.29, 0.717) is 0 Å². The summed E-state index contributed by atoms with van der Waals surface area (Å²) in [6.07, 6.45) is -2.16. The molecule has 0 heterocycles. The van der Waals surface area contributed by atoms with Crippen LogP contribution in [0.2, 0.25) is 0 Å². The first-order valence-electron chi connectivity index (χ1n) is 7.87. The second-order valence-corrected chi connectivity index (χ2v) is 6.74. The third kappa shape index (κ3) is 3.31. The lowest BCUT2D eigenvalue weighted by molar-refractivity contribution is -0.163. The van der Waals surface area contributed by atoms with Crippen molar-refractivity contribution in [3.05, 3.63) is 34.4 Å². The molecule has 1 aromatic carbocycles. The number of Topliss-reactive ketones (excluding diaryl/α,β-unsaturated/α-hetero) is 1. The van der Waals surface area contributed by atoms with Gasteiger partial charge in [0.2, 0.25) is 0 Å². The molecule has 5 nitrogen and oxygen atoms in total. The van der Waals surface area contributed by atoms with Crippen LogP contribution in [0.5, 0.6) is 0 Å². The van der Waals surface area contributed by atoms with Crippen LogP contribution in [0.25, 0.3) is 0 Å². The molecule has 3 atom stereocenters. The summed E-state index contributed by atoms with van der Waals surface area (Å²) in [4.78, 5) is 24.6. The Morgan fingerprint density at radius 2 is 1.70 bits per heavy atom. The van der Waals surface area contributed by atoms with E-state index in [1.54, 1.807) is 0 Å². The van der Waals surface area contributed by atoms with Crippen molar-refractivity contribution in [1.29, 1.82) is 0 Å². The Hall–Kier alpha value is -1.72. The van der Waals surface area contributed by atoms with Crippen LogP contribution in [-0.2, 0) is 16.0 Å². The van der Waals surface area contributed by atoms with Crippen LogP contribution < -0.4 is 0 Å². The van der Waals surface area contributed by atoms with Crippen LogP contribution in [0.3, 0.4) is 0 Å². The molecule has 1 fully saturated rings. The Kier molecular flexibility index (Phi) is 4.92. The van der Waals surface area contributed by atoms with Crippen LogP contribution in [0.1, 0.15) is 41.5 Å². The number of aliphatic hydroxyl groups excluding tert-OH is 2. The maximum atomic E-state index is 12.8. The number of carboxylic acid groups (broad SMARTS) is 1. The highest BCUT2D eigenvalue weighted by atomic mass is 16.4. The molecule has 3 unspecified atom stereocenters. The zero-order valence-corrected chi connectivity index (χ0v) is 13.8. The van der Waals surface area contributed by atoms with Crippen molar-refractivity contribution in [2.45, 2.75) is 58.7 Å². The Labute approximate surface area is 136 Å². The number of carbonyl (C=O) groups is 2. The molecule has 5 heteroatoms. The average Bonchev–Trinajstić information content (AvgIpc) is 2.45. The number of carbonyl (C=O) groups excluding carboxylic acids is 1. The van der Waals surface area contributed by atoms with Crippen LogP contribution >= 0.6 is 0 Å². The lowest BCUT2D eigenvalue weighted by Crippen LogP contribution is -2.49. The maximum absolute atomic E-state index is 12.8. The minimum absolute atomic E-state index is 0.0348. The normalized spacial score (nSPS) is 27.7. The zero-order valence-electron chi connectivity index (χ0n) is 13.8. The summed E-state index contributed by atoms with van der Waals surface area (Å²) >= 11 is 0. The summed E-state index contributed by atoms with van der Waals surface area (Å²) in [6.45, 7) is 5.80. The van der Waals surface area contributed by atoms with Crippen molar-refractivity contribution in [2.24, 2.45) is 5.41 Å². The maximum Gasteiger partial charge on any atom is 0.317 e. The van der Waals surface area contributed by atoms with E-state index in [1.165, 1.54) is 0 Å². The molecule has 1 saturated carbocycles. The first kappa shape index (κ1) is 17.6. The molecule has 0 spiro atoms. The third-order valence-electron chi connectivity index (χ3n) is 4.99. The largest absolute Gasteiger partial charge is 0.480 e. The van der Waals surface area contributed by atoms with Gasteiger partial charge in [0.05, 0.1) is 12.2 Å². The first-order chi connectivity index (χ1) is 10.7. The quantitative estimate of drug-likeness (QED) is 0.734. The number of hydrogen-bond acceptors (Lipinski definition) is 4. The smallest absolute Gasteiger partial charge is 0.317 e. The van der Waals surface area contributed by atoms with Crippen molar-refractivity contribution in [3.8, 4) is 0 Å². The summed E-state index contributed by atoms with van der Waals surface area (Å²) in [7, 11) is 0. The van der Waals surface area contributed by atoms with E-state index in [0.717, 1.165) is 22.3 Å². The van der Waals surface area contributed by atoms with Gasteiger partial charge in [-0.05, 0) is 56.7 Å². The number of aliphatic hydroxyl groups is 2. The summed E-state index contributed by atoms with van der Waals surface area (Å²) in [5.41, 5.74) is 2.27. The van der Waals surface area contributed by atoms with E-state index in [1.807, 2.05) is 32.9 Å². The van der Waals surface area contributed by atoms with Crippen molar-refractivity contribution < 1.29 is 24.9 Å². The standard InChI is InChI=1S/C18H24O5/c1-10-6-11(2)13(12(3)7-10)8-16(21)18(17(22)23)5-4-14(19)15(20)9-18/h6-7,14-15,19-20H,4-5,8-9H2,1-3H3,(H,22,23). The molecule has 1 aliphatic carbocycles. The molecule has 0 aromatic heterocycles. The Balaban J connectivity index is 2.32. The zero-order chi connectivity index (χ0) is 17.4. The Morgan fingerprint density at radius 1 is 1.13 bits per heavy atom. The van der Waals surface area contributed by atoms with Gasteiger partial charge in [-0.3, -0.25) is 9.59 Å². The van der Waals surface area contributed by atoms with E-state index in [2.05, 4.69) is 0 Å². The number of benzene rings is 1. The summed E-state index contributed by atoms with van der Waals surface area (Å²) in [5, 5.41) is 29.1. The van der Waals surface area contributed by atoms with Gasteiger partial charge >= 0.3 is 5.97 Å². The number of aliphatic carboxylic acids is 1. The highest BCUT2D eigenvalue weighted by Gasteiger charge is 2.50. The molecule has 0 saturated heterocycles. The predicted octanol–water partition coefficient (Wildman–Crippen LogP) is 1.70. The second kappa shape index (κ2) is 6.42. The van der Waals surface area contributed by atoms with Gasteiger partial charge in [-0.25, -0.2) is 0 Å². The molecule has 23 heavy (non-hydrogen) atoms. The van der Waals surface area contributed by atoms with Gasteiger partial charge < -0.3 is 15.3 Å². The monoisotopic (exact) mass is 320 g/mol. The second-order valence-electron chi connectivity index (χ2n) is 6.74. The fourth-order valence-corrected chi connectivity index (χ4v) is 3.57. The van der Waals surface area contributed by atoms with Gasteiger partial charge in [-0.1, -0.05) is 17.7 Å². The number of aryl methyl sites for hydroxylation is 3. The fourth-order valence-electron chi connectivity index (χ4n) is 3.57. The van der Waals surface area contributed by atoms with E-state index in [4.69, 9.17) is 0 Å². The van der Waals surface area contributed by atoms with Gasteiger partial charge in [0.25, 0.3) is 0 Å². The molecule has 1 aromatic rings. The molecule has 0 bridgehead atoms. The summed E-state index contributed by atoms with van der Waals surface area (Å²) in [5.74, 6) is -1.61. The van der Waals surface area contributed by atoms with Gasteiger partial charge in [0, 0.05) is 6.42 Å². The number of carboxylic acids is 1. The topological polar surface area (TPSA) is 94.8 Å². The van der Waals surface area contributed by atoms with Crippen LogP contribution in [-0.4, -0.2) is 39.3 Å². The van der Waals surface area contributed by atoms with Crippen LogP contribution in [0.4, 0.5) is 0 Å². The molecule has 0 amide bonds. The number of ketones is 1. The number of hydrogen-bond donors (Lipinski definition) is 3. The molecule has 126 valence electrons. The van der Waals surface area contributed by atoms with Crippen molar-refractivity contribution in [2.75, 3.05) is 0 Å². The van der Waals surface area contributed by atoms with Gasteiger partial charge in [0.1, 0.15) is 5.41 Å². The van der Waals surface area contributed by atoms with E-state index in [-0.39, 0.29) is 25.7 Å². The molecule has 2 rings (SSSR count). The SMILES string of the molecule is Cc1cc(C)c(CC(=O)C2(C(=O)O)CCC(O)C(O)C2)c(C)c1. The highest BCUT2D eigenvalue weighted by molar-refractivity contribution is 6.04. The molecule has 0 aliphatic heterocycles. The Bertz CT molecular complexity index is 613. The predicted molar refractivity (Wildman–Crippen MR) is 85.3 cm³/mol. The van der Waals surface area contributed by atoms with Crippen LogP contribution in [0.15, 0.2) is 12.1 Å². The molecule has 3 N–H and O–H groups in total. The number of rotatable bonds is 4. The van der Waals surface area contributed by atoms with Gasteiger partial charge in [-0.2, -0.15) is 0 Å². The van der Waals surface area contributed by atoms with Gasteiger partial charge in [0.15, 0.2) is 5.78 Å².